The van der Waals surface area contributed by atoms with Crippen molar-refractivity contribution in [3.63, 3.8) is 0 Å². The van der Waals surface area contributed by atoms with Gasteiger partial charge in [0.1, 0.15) is 6.04 Å². The monoisotopic (exact) mass is 301 g/mol. The minimum atomic E-state index is -4.43. The highest BCUT2D eigenvalue weighted by Gasteiger charge is 2.36. The Morgan fingerprint density at radius 1 is 1.24 bits per heavy atom. The number of carboxylic acids is 1. The Hall–Kier alpha value is -2.05. The summed E-state index contributed by atoms with van der Waals surface area (Å²) in [6, 6.07) is 5.91. The lowest BCUT2D eigenvalue weighted by Crippen LogP contribution is -2.48. The summed E-state index contributed by atoms with van der Waals surface area (Å²) in [5, 5.41) is 9.20. The molecule has 0 saturated carbocycles. The number of nitrogens with zero attached hydrogens (tertiary/aromatic N) is 1. The molecule has 1 aliphatic rings. The molecule has 0 spiro atoms. The first-order valence-corrected chi connectivity index (χ1v) is 6.44. The third-order valence-corrected chi connectivity index (χ3v) is 3.48. The highest BCUT2D eigenvalue weighted by atomic mass is 19.4. The second kappa shape index (κ2) is 5.75. The predicted octanol–water partition coefficient (Wildman–Crippen LogP) is 2.37. The van der Waals surface area contributed by atoms with Crippen LogP contribution in [0, 0.1) is 0 Å². The standard InChI is InChI=1S/C14H14F3NO3/c15-14(16,17)6-5-12(19)18-8-10-4-2-1-3-9(10)7-11(18)13(20)21/h1-4,11H,5-8H2,(H,20,21)/t11-/m1/s1. The van der Waals surface area contributed by atoms with Crippen molar-refractivity contribution in [3.8, 4) is 0 Å². The van der Waals surface area contributed by atoms with Crippen LogP contribution in [0.3, 0.4) is 0 Å². The SMILES string of the molecule is O=C(O)[C@H]1Cc2ccccc2CN1C(=O)CCC(F)(F)F. The van der Waals surface area contributed by atoms with E-state index in [1.54, 1.807) is 24.3 Å². The molecule has 0 saturated heterocycles. The highest BCUT2D eigenvalue weighted by molar-refractivity contribution is 5.84. The molecule has 1 amide bonds. The Kier molecular flexibility index (Phi) is 4.20. The van der Waals surface area contributed by atoms with Crippen LogP contribution < -0.4 is 0 Å². The van der Waals surface area contributed by atoms with Crippen molar-refractivity contribution in [1.29, 1.82) is 0 Å². The molecule has 4 nitrogen and oxygen atoms in total. The number of amides is 1. The lowest BCUT2D eigenvalue weighted by molar-refractivity contribution is -0.157. The number of alkyl halides is 3. The predicted molar refractivity (Wildman–Crippen MR) is 67.4 cm³/mol. The molecule has 1 atom stereocenters. The zero-order valence-corrected chi connectivity index (χ0v) is 11.1. The number of aliphatic carboxylic acids is 1. The molecule has 0 radical (unpaired) electrons. The fourth-order valence-electron chi connectivity index (χ4n) is 2.40. The van der Waals surface area contributed by atoms with Gasteiger partial charge in [0.25, 0.3) is 0 Å². The van der Waals surface area contributed by atoms with Crippen LogP contribution in [0.4, 0.5) is 13.2 Å². The first-order valence-electron chi connectivity index (χ1n) is 6.44. The van der Waals surface area contributed by atoms with Gasteiger partial charge in [-0.3, -0.25) is 4.79 Å². The molecule has 0 aromatic heterocycles. The molecule has 0 fully saturated rings. The van der Waals surface area contributed by atoms with Crippen molar-refractivity contribution in [2.45, 2.75) is 38.0 Å². The summed E-state index contributed by atoms with van der Waals surface area (Å²) in [5.74, 6) is -1.99. The molecule has 1 aliphatic heterocycles. The molecule has 1 aromatic carbocycles. The van der Waals surface area contributed by atoms with Gasteiger partial charge in [-0.1, -0.05) is 24.3 Å². The normalized spacial score (nSPS) is 18.2. The Bertz CT molecular complexity index is 557. The highest BCUT2D eigenvalue weighted by Crippen LogP contribution is 2.26. The van der Waals surface area contributed by atoms with Crippen LogP contribution in [-0.2, 0) is 22.6 Å². The first-order chi connectivity index (χ1) is 9.78. The molecular formula is C14H14F3NO3. The van der Waals surface area contributed by atoms with Gasteiger partial charge < -0.3 is 10.0 Å². The summed E-state index contributed by atoms with van der Waals surface area (Å²) in [4.78, 5) is 24.2. The molecule has 21 heavy (non-hydrogen) atoms. The average Bonchev–Trinajstić information content (AvgIpc) is 2.42. The molecule has 0 aliphatic carbocycles. The van der Waals surface area contributed by atoms with Crippen molar-refractivity contribution < 1.29 is 27.9 Å². The van der Waals surface area contributed by atoms with E-state index in [2.05, 4.69) is 0 Å². The van der Waals surface area contributed by atoms with E-state index in [-0.39, 0.29) is 13.0 Å². The van der Waals surface area contributed by atoms with E-state index in [9.17, 15) is 27.9 Å². The molecule has 114 valence electrons. The maximum atomic E-state index is 12.2. The molecule has 7 heteroatoms. The number of carboxylic acid groups (broad SMARTS) is 1. The van der Waals surface area contributed by atoms with Crippen LogP contribution in [0.2, 0.25) is 0 Å². The lowest BCUT2D eigenvalue weighted by Gasteiger charge is -2.34. The fourth-order valence-corrected chi connectivity index (χ4v) is 2.40. The number of rotatable bonds is 3. The van der Waals surface area contributed by atoms with Gasteiger partial charge in [0.15, 0.2) is 0 Å². The largest absolute Gasteiger partial charge is 0.480 e. The van der Waals surface area contributed by atoms with E-state index in [0.29, 0.717) is 0 Å². The maximum Gasteiger partial charge on any atom is 0.389 e. The van der Waals surface area contributed by atoms with E-state index in [1.807, 2.05) is 0 Å². The molecule has 0 unspecified atom stereocenters. The topological polar surface area (TPSA) is 57.6 Å². The Morgan fingerprint density at radius 3 is 2.43 bits per heavy atom. The van der Waals surface area contributed by atoms with Gasteiger partial charge in [-0.05, 0) is 11.1 Å². The molecular weight excluding hydrogens is 287 g/mol. The number of carbonyl (C=O) groups is 2. The van der Waals surface area contributed by atoms with Crippen molar-refractivity contribution in [3.05, 3.63) is 35.4 Å². The quantitative estimate of drug-likeness (QED) is 0.932. The third kappa shape index (κ3) is 3.74. The summed E-state index contributed by atoms with van der Waals surface area (Å²) in [6.45, 7) is 0.0316. The Morgan fingerprint density at radius 2 is 1.86 bits per heavy atom. The molecule has 1 N–H and O–H groups in total. The van der Waals surface area contributed by atoms with Gasteiger partial charge >= 0.3 is 12.1 Å². The fraction of sp³-hybridized carbons (Fsp3) is 0.429. The number of carbonyl (C=O) groups excluding carboxylic acids is 1. The van der Waals surface area contributed by atoms with Crippen LogP contribution in [0.25, 0.3) is 0 Å². The summed E-state index contributed by atoms with van der Waals surface area (Å²) >= 11 is 0. The van der Waals surface area contributed by atoms with Gasteiger partial charge in [-0.25, -0.2) is 4.79 Å². The van der Waals surface area contributed by atoms with E-state index < -0.39 is 36.9 Å². The zero-order valence-electron chi connectivity index (χ0n) is 11.1. The second-order valence-electron chi connectivity index (χ2n) is 4.96. The second-order valence-corrected chi connectivity index (χ2v) is 4.96. The molecule has 1 aromatic rings. The zero-order chi connectivity index (χ0) is 15.6. The van der Waals surface area contributed by atoms with Gasteiger partial charge in [-0.15, -0.1) is 0 Å². The number of hydrogen-bond donors (Lipinski definition) is 1. The van der Waals surface area contributed by atoms with Crippen molar-refractivity contribution in [2.24, 2.45) is 0 Å². The summed E-state index contributed by atoms with van der Waals surface area (Å²) < 4.78 is 36.6. The summed E-state index contributed by atoms with van der Waals surface area (Å²) in [7, 11) is 0. The third-order valence-electron chi connectivity index (χ3n) is 3.48. The van der Waals surface area contributed by atoms with Crippen molar-refractivity contribution in [1.82, 2.24) is 4.90 Å². The van der Waals surface area contributed by atoms with Gasteiger partial charge in [0, 0.05) is 19.4 Å². The number of hydrogen-bond acceptors (Lipinski definition) is 2. The number of fused-ring (bicyclic) bond motifs is 1. The number of benzene rings is 1. The molecule has 2 rings (SSSR count). The molecule has 0 bridgehead atoms. The van der Waals surface area contributed by atoms with E-state index >= 15 is 0 Å². The average molecular weight is 301 g/mol. The minimum absolute atomic E-state index is 0.0316. The first kappa shape index (κ1) is 15.3. The molecule has 1 heterocycles. The van der Waals surface area contributed by atoms with Gasteiger partial charge in [-0.2, -0.15) is 13.2 Å². The Labute approximate surface area is 119 Å². The lowest BCUT2D eigenvalue weighted by atomic mass is 9.93. The minimum Gasteiger partial charge on any atom is -0.480 e. The van der Waals surface area contributed by atoms with Crippen molar-refractivity contribution in [2.75, 3.05) is 0 Å². The van der Waals surface area contributed by atoms with Crippen LogP contribution in [0.5, 0.6) is 0 Å². The van der Waals surface area contributed by atoms with E-state index in [4.69, 9.17) is 0 Å². The Balaban J connectivity index is 2.17. The maximum absolute atomic E-state index is 12.2. The van der Waals surface area contributed by atoms with Gasteiger partial charge in [0.2, 0.25) is 5.91 Å². The van der Waals surface area contributed by atoms with E-state index in [1.165, 1.54) is 0 Å². The van der Waals surface area contributed by atoms with Crippen LogP contribution >= 0.6 is 0 Å². The smallest absolute Gasteiger partial charge is 0.389 e. The summed E-state index contributed by atoms with van der Waals surface area (Å²) in [6.07, 6.45) is -6.28. The van der Waals surface area contributed by atoms with Crippen LogP contribution in [0.15, 0.2) is 24.3 Å². The van der Waals surface area contributed by atoms with Crippen LogP contribution in [0.1, 0.15) is 24.0 Å². The van der Waals surface area contributed by atoms with E-state index in [0.717, 1.165) is 16.0 Å². The van der Waals surface area contributed by atoms with Gasteiger partial charge in [0.05, 0.1) is 6.42 Å². The summed E-state index contributed by atoms with van der Waals surface area (Å²) in [5.41, 5.74) is 1.58. The van der Waals surface area contributed by atoms with Crippen molar-refractivity contribution >= 4 is 11.9 Å². The van der Waals surface area contributed by atoms with Crippen LogP contribution in [-0.4, -0.2) is 34.1 Å². The number of halogens is 3.